The Labute approximate surface area is 213 Å². The molecule has 0 saturated carbocycles. The molecule has 5 rings (SSSR count). The van der Waals surface area contributed by atoms with Gasteiger partial charge in [0.1, 0.15) is 0 Å². The summed E-state index contributed by atoms with van der Waals surface area (Å²) >= 11 is 1.51. The Bertz CT molecular complexity index is 1100. The zero-order valence-electron chi connectivity index (χ0n) is 18.1. The van der Waals surface area contributed by atoms with Crippen LogP contribution in [-0.2, 0) is 24.2 Å². The average molecular weight is 525 g/mol. The minimum atomic E-state index is 0. The molecule has 4 aromatic rings. The van der Waals surface area contributed by atoms with Crippen molar-refractivity contribution in [2.45, 2.75) is 27.2 Å². The van der Waals surface area contributed by atoms with Crippen LogP contribution in [0.5, 0.6) is 0 Å². The van der Waals surface area contributed by atoms with Crippen LogP contribution in [0, 0.1) is 19.9 Å². The van der Waals surface area contributed by atoms with Gasteiger partial charge in [0.25, 0.3) is 0 Å². The standard InChI is InChI=1S/C15H13.C8H8.C5H5.2ClH.Zr/c1-10-3-5-14-12(7-10)9-13-8-11(2)4-6-15(13)14;1-2-8-6-4-3-5-7-8;1-2-4-5-3-1;;;/h3-9H,1-2H3;3-7H,1H3;1-3H,4H2;2*1H;/q-1;;-1;;;+2/p-2. The summed E-state index contributed by atoms with van der Waals surface area (Å²) in [5, 5.41) is 5.46. The zero-order valence-corrected chi connectivity index (χ0v) is 22.1. The topological polar surface area (TPSA) is 0 Å². The zero-order chi connectivity index (χ0) is 20.6. The molecule has 158 valence electrons. The summed E-state index contributed by atoms with van der Waals surface area (Å²) in [6.07, 6.45) is 10.0. The van der Waals surface area contributed by atoms with Crippen LogP contribution < -0.4 is 24.8 Å². The van der Waals surface area contributed by atoms with Gasteiger partial charge >= 0.3 is 70.3 Å². The molecule has 4 aromatic carbocycles. The summed E-state index contributed by atoms with van der Waals surface area (Å²) in [5.41, 5.74) is 4.03. The van der Waals surface area contributed by atoms with Crippen LogP contribution in [0.2, 0.25) is 0 Å². The number of fused-ring (bicyclic) bond motifs is 3. The van der Waals surface area contributed by atoms with Crippen molar-refractivity contribution in [2.75, 3.05) is 0 Å². The number of hydrogen-bond acceptors (Lipinski definition) is 0. The van der Waals surface area contributed by atoms with E-state index >= 15 is 0 Å². The minimum Gasteiger partial charge on any atom is -1.00 e. The molecule has 0 amide bonds. The summed E-state index contributed by atoms with van der Waals surface area (Å²) < 4.78 is 1.46. The molecular weight excluding hydrogens is 498 g/mol. The van der Waals surface area contributed by atoms with E-state index in [1.165, 1.54) is 65.7 Å². The molecule has 1 aliphatic carbocycles. The van der Waals surface area contributed by atoms with Crippen molar-refractivity contribution in [1.82, 2.24) is 0 Å². The molecule has 0 aliphatic heterocycles. The summed E-state index contributed by atoms with van der Waals surface area (Å²) in [5.74, 6) is 0. The fourth-order valence-electron chi connectivity index (χ4n) is 3.29. The van der Waals surface area contributed by atoms with Gasteiger partial charge in [0.2, 0.25) is 0 Å². The van der Waals surface area contributed by atoms with E-state index in [1.54, 1.807) is 0 Å². The van der Waals surface area contributed by atoms with Crippen molar-refractivity contribution in [3.05, 3.63) is 114 Å². The third-order valence-electron chi connectivity index (χ3n) is 4.81. The fourth-order valence-corrected chi connectivity index (χ4v) is 3.70. The Hall–Kier alpha value is -1.66. The summed E-state index contributed by atoms with van der Waals surface area (Å²) in [4.78, 5) is 0. The molecule has 0 radical (unpaired) electrons. The molecule has 0 atom stereocenters. The Balaban J connectivity index is 0.000000258. The molecule has 0 spiro atoms. The van der Waals surface area contributed by atoms with Crippen molar-refractivity contribution in [3.8, 4) is 0 Å². The van der Waals surface area contributed by atoms with Crippen LogP contribution in [-0.4, -0.2) is 3.21 Å². The molecule has 31 heavy (non-hydrogen) atoms. The molecule has 0 nitrogen and oxygen atoms in total. The van der Waals surface area contributed by atoms with Crippen LogP contribution >= 0.6 is 0 Å². The first-order valence-corrected chi connectivity index (χ1v) is 11.2. The van der Waals surface area contributed by atoms with E-state index in [0.29, 0.717) is 0 Å². The Morgan fingerprint density at radius 3 is 1.74 bits per heavy atom. The van der Waals surface area contributed by atoms with Gasteiger partial charge in [0.15, 0.2) is 0 Å². The third kappa shape index (κ3) is 8.08. The molecule has 0 aromatic heterocycles. The minimum absolute atomic E-state index is 0. The summed E-state index contributed by atoms with van der Waals surface area (Å²) in [6.45, 7) is 6.44. The van der Waals surface area contributed by atoms with Gasteiger partial charge in [-0.05, 0) is 13.8 Å². The van der Waals surface area contributed by atoms with E-state index in [9.17, 15) is 0 Å². The molecule has 0 unspecified atom stereocenters. The maximum atomic E-state index is 2.99. The molecule has 0 fully saturated rings. The predicted octanol–water partition coefficient (Wildman–Crippen LogP) is 1.42. The molecule has 0 bridgehead atoms. The second kappa shape index (κ2) is 13.7. The van der Waals surface area contributed by atoms with Gasteiger partial charge < -0.3 is 24.8 Å². The molecule has 3 heteroatoms. The number of benzene rings is 3. The Morgan fingerprint density at radius 2 is 1.39 bits per heavy atom. The van der Waals surface area contributed by atoms with Gasteiger partial charge in [-0.25, -0.2) is 12.2 Å². The SMILES string of the molecule is C[C](=[Zr+2])c1ccccc1.Cc1ccc2c(c1)[cH-]c1cc(C)ccc12.[C-]1=CC=CC1.[Cl-].[Cl-]. The van der Waals surface area contributed by atoms with Gasteiger partial charge in [-0.3, -0.25) is 6.08 Å². The number of halogens is 2. The van der Waals surface area contributed by atoms with Crippen LogP contribution in [0.1, 0.15) is 30.0 Å². The van der Waals surface area contributed by atoms with Crippen LogP contribution in [0.3, 0.4) is 0 Å². The van der Waals surface area contributed by atoms with E-state index in [1.807, 2.05) is 18.2 Å². The van der Waals surface area contributed by atoms with Crippen molar-refractivity contribution < 1.29 is 49.0 Å². The Kier molecular flexibility index (Phi) is 12.1. The van der Waals surface area contributed by atoms with Gasteiger partial charge in [-0.1, -0.05) is 35.4 Å². The number of allylic oxidation sites excluding steroid dienone is 4. The third-order valence-corrected chi connectivity index (χ3v) is 5.52. The number of rotatable bonds is 1. The first kappa shape index (κ1) is 27.4. The second-order valence-corrected chi connectivity index (χ2v) is 9.16. The number of aryl methyl sites for hydroxylation is 2. The average Bonchev–Trinajstić information content (AvgIpc) is 3.40. The summed E-state index contributed by atoms with van der Waals surface area (Å²) in [6, 6.07) is 26.1. The van der Waals surface area contributed by atoms with Gasteiger partial charge in [-0.15, -0.1) is 46.2 Å². The second-order valence-electron chi connectivity index (χ2n) is 7.32. The van der Waals surface area contributed by atoms with E-state index in [0.717, 1.165) is 6.42 Å². The normalized spacial score (nSPS) is 11.0. The van der Waals surface area contributed by atoms with Gasteiger partial charge in [0.05, 0.1) is 0 Å². The largest absolute Gasteiger partial charge is 1.00 e. The molecular formula is C28H26Cl2Zr-2. The van der Waals surface area contributed by atoms with Crippen molar-refractivity contribution in [3.63, 3.8) is 0 Å². The smallest absolute Gasteiger partial charge is 0.0469 e. The van der Waals surface area contributed by atoms with E-state index in [4.69, 9.17) is 0 Å². The van der Waals surface area contributed by atoms with Gasteiger partial charge in [0, 0.05) is 0 Å². The number of hydrogen-bond donors (Lipinski definition) is 0. The van der Waals surface area contributed by atoms with Crippen molar-refractivity contribution >= 4 is 24.8 Å². The van der Waals surface area contributed by atoms with Crippen molar-refractivity contribution in [1.29, 1.82) is 0 Å². The maximum Gasteiger partial charge on any atom is -0.0469 e. The first-order valence-electron chi connectivity index (χ1n) is 9.93. The maximum absolute atomic E-state index is 2.99. The van der Waals surface area contributed by atoms with Crippen LogP contribution in [0.15, 0.2) is 91.0 Å². The van der Waals surface area contributed by atoms with E-state index < -0.39 is 0 Å². The van der Waals surface area contributed by atoms with Crippen molar-refractivity contribution in [2.24, 2.45) is 0 Å². The van der Waals surface area contributed by atoms with Crippen LogP contribution in [0.4, 0.5) is 0 Å². The van der Waals surface area contributed by atoms with Crippen LogP contribution in [0.25, 0.3) is 21.5 Å². The summed E-state index contributed by atoms with van der Waals surface area (Å²) in [7, 11) is 0. The molecule has 0 N–H and O–H groups in total. The van der Waals surface area contributed by atoms with E-state index in [-0.39, 0.29) is 24.8 Å². The molecule has 1 aliphatic rings. The van der Waals surface area contributed by atoms with E-state index in [2.05, 4.69) is 99.7 Å². The molecule has 0 heterocycles. The quantitative estimate of drug-likeness (QED) is 0.331. The van der Waals surface area contributed by atoms with Gasteiger partial charge in [-0.2, -0.15) is 6.08 Å². The Morgan fingerprint density at radius 1 is 0.839 bits per heavy atom. The fraction of sp³-hybridized carbons (Fsp3) is 0.143. The first-order chi connectivity index (χ1) is 14.0. The molecule has 0 saturated heterocycles. The monoisotopic (exact) mass is 522 g/mol. The predicted molar refractivity (Wildman–Crippen MR) is 124 cm³/mol.